The lowest BCUT2D eigenvalue weighted by molar-refractivity contribution is -0.138. The number of ketones is 1. The van der Waals surface area contributed by atoms with Crippen LogP contribution in [0.15, 0.2) is 48.5 Å². The number of fused-ring (bicyclic) bond motifs is 3. The number of ether oxygens (including phenoxy) is 4. The molecule has 0 fully saturated rings. The van der Waals surface area contributed by atoms with E-state index in [1.165, 1.54) is 11.1 Å². The number of amides is 1. The summed E-state index contributed by atoms with van der Waals surface area (Å²) < 4.78 is 21.2. The highest BCUT2D eigenvalue weighted by atomic mass is 16.6. The van der Waals surface area contributed by atoms with E-state index < -0.39 is 18.8 Å². The Kier molecular flexibility index (Phi) is 10.5. The molecule has 0 bridgehead atoms. The maximum Gasteiger partial charge on any atom is 0.407 e. The van der Waals surface area contributed by atoms with Gasteiger partial charge in [0, 0.05) is 19.0 Å². The molecule has 0 heterocycles. The quantitative estimate of drug-likeness (QED) is 0.332. The van der Waals surface area contributed by atoms with Crippen molar-refractivity contribution >= 4 is 11.9 Å². The summed E-state index contributed by atoms with van der Waals surface area (Å²) in [5, 5.41) is 11.8. The molecule has 2 aromatic rings. The van der Waals surface area contributed by atoms with Crippen molar-refractivity contribution in [1.82, 2.24) is 5.32 Å². The summed E-state index contributed by atoms with van der Waals surface area (Å²) in [6.07, 6.45) is -1.43. The smallest absolute Gasteiger partial charge is 0.407 e. The predicted molar refractivity (Wildman–Crippen MR) is 126 cm³/mol. The van der Waals surface area contributed by atoms with Crippen molar-refractivity contribution in [2.75, 3.05) is 59.3 Å². The molecule has 1 unspecified atom stereocenters. The van der Waals surface area contributed by atoms with Crippen LogP contribution in [0.3, 0.4) is 0 Å². The van der Waals surface area contributed by atoms with Crippen LogP contribution in [0.5, 0.6) is 0 Å². The summed E-state index contributed by atoms with van der Waals surface area (Å²) in [5.74, 6) is -0.340. The third-order valence-corrected chi connectivity index (χ3v) is 5.44. The highest BCUT2D eigenvalue weighted by Crippen LogP contribution is 2.44. The zero-order valence-electron chi connectivity index (χ0n) is 19.1. The Morgan fingerprint density at radius 1 is 0.941 bits per heavy atom. The fourth-order valence-corrected chi connectivity index (χ4v) is 3.82. The number of rotatable bonds is 15. The van der Waals surface area contributed by atoms with Gasteiger partial charge in [0.05, 0.1) is 33.0 Å². The number of nitrogens with one attached hydrogen (secondary N) is 1. The Morgan fingerprint density at radius 3 is 2.24 bits per heavy atom. The zero-order valence-corrected chi connectivity index (χ0v) is 19.1. The number of carbonyl (C=O) groups excluding carboxylic acids is 2. The molecule has 184 valence electrons. The average molecular weight is 473 g/mol. The van der Waals surface area contributed by atoms with Crippen LogP contribution in [0.25, 0.3) is 11.1 Å². The van der Waals surface area contributed by atoms with Crippen molar-refractivity contribution in [3.63, 3.8) is 0 Å². The van der Waals surface area contributed by atoms with Gasteiger partial charge in [-0.25, -0.2) is 4.79 Å². The molecule has 0 aliphatic heterocycles. The van der Waals surface area contributed by atoms with Gasteiger partial charge in [0.2, 0.25) is 0 Å². The first-order valence-corrected chi connectivity index (χ1v) is 11.3. The molecular weight excluding hydrogens is 440 g/mol. The molecule has 2 aromatic carbocycles. The normalized spacial score (nSPS) is 13.2. The number of carbonyl (C=O) groups is 2. The second-order valence-electron chi connectivity index (χ2n) is 7.71. The molecule has 9 heteroatoms. The molecule has 0 spiro atoms. The molecule has 0 aromatic heterocycles. The molecule has 0 radical (unpaired) electrons. The number of hydrogen-bond acceptors (Lipinski definition) is 8. The van der Waals surface area contributed by atoms with Gasteiger partial charge in [-0.15, -0.1) is 0 Å². The van der Waals surface area contributed by atoms with Crippen LogP contribution >= 0.6 is 0 Å². The Bertz CT molecular complexity index is 891. The van der Waals surface area contributed by atoms with Crippen molar-refractivity contribution in [3.8, 4) is 11.1 Å². The first kappa shape index (κ1) is 25.8. The topological polar surface area (TPSA) is 129 Å². The van der Waals surface area contributed by atoms with Gasteiger partial charge < -0.3 is 35.1 Å². The van der Waals surface area contributed by atoms with E-state index in [0.717, 1.165) is 11.1 Å². The number of nitrogens with two attached hydrogens (primary N) is 1. The maximum atomic E-state index is 12.1. The zero-order chi connectivity index (χ0) is 24.2. The summed E-state index contributed by atoms with van der Waals surface area (Å²) >= 11 is 0. The minimum Gasteiger partial charge on any atom is -0.449 e. The predicted octanol–water partition coefficient (Wildman–Crippen LogP) is 1.46. The van der Waals surface area contributed by atoms with Crippen LogP contribution in [0, 0.1) is 0 Å². The summed E-state index contributed by atoms with van der Waals surface area (Å²) in [4.78, 5) is 23.9. The van der Waals surface area contributed by atoms with Gasteiger partial charge in [-0.1, -0.05) is 48.5 Å². The van der Waals surface area contributed by atoms with Crippen LogP contribution in [0.1, 0.15) is 17.0 Å². The van der Waals surface area contributed by atoms with Crippen LogP contribution in [-0.2, 0) is 23.7 Å². The highest BCUT2D eigenvalue weighted by Gasteiger charge is 2.28. The second kappa shape index (κ2) is 13.8. The summed E-state index contributed by atoms with van der Waals surface area (Å²) in [5.41, 5.74) is 9.99. The molecule has 1 amide bonds. The van der Waals surface area contributed by atoms with Crippen LogP contribution in [-0.4, -0.2) is 82.4 Å². The van der Waals surface area contributed by atoms with Crippen LogP contribution in [0.4, 0.5) is 4.79 Å². The van der Waals surface area contributed by atoms with Gasteiger partial charge in [-0.2, -0.15) is 0 Å². The molecule has 9 nitrogen and oxygen atoms in total. The van der Waals surface area contributed by atoms with Gasteiger partial charge in [-0.3, -0.25) is 4.79 Å². The van der Waals surface area contributed by atoms with E-state index in [-0.39, 0.29) is 64.4 Å². The third-order valence-electron chi connectivity index (χ3n) is 5.44. The minimum absolute atomic E-state index is 0.0143. The third kappa shape index (κ3) is 7.09. The summed E-state index contributed by atoms with van der Waals surface area (Å²) in [6.45, 7) is 1.14. The number of aliphatic hydroxyl groups excluding tert-OH is 1. The number of hydrogen-bond donors (Lipinski definition) is 3. The molecule has 1 atom stereocenters. The van der Waals surface area contributed by atoms with Crippen molar-refractivity contribution in [1.29, 1.82) is 0 Å². The molecule has 1 aliphatic carbocycles. The van der Waals surface area contributed by atoms with Crippen molar-refractivity contribution in [2.24, 2.45) is 5.73 Å². The molecule has 4 N–H and O–H groups in total. The number of benzene rings is 2. The van der Waals surface area contributed by atoms with Gasteiger partial charge in [-0.05, 0) is 22.3 Å². The van der Waals surface area contributed by atoms with E-state index in [4.69, 9.17) is 29.8 Å². The largest absolute Gasteiger partial charge is 0.449 e. The molecule has 0 saturated heterocycles. The van der Waals surface area contributed by atoms with Crippen LogP contribution < -0.4 is 11.1 Å². The Morgan fingerprint density at radius 2 is 1.59 bits per heavy atom. The fraction of sp³-hybridized carbons (Fsp3) is 0.440. The van der Waals surface area contributed by atoms with Gasteiger partial charge in [0.15, 0.2) is 5.78 Å². The minimum atomic E-state index is -0.925. The van der Waals surface area contributed by atoms with E-state index in [1.54, 1.807) is 0 Å². The summed E-state index contributed by atoms with van der Waals surface area (Å²) in [7, 11) is 0. The van der Waals surface area contributed by atoms with Crippen molar-refractivity contribution < 1.29 is 33.6 Å². The van der Waals surface area contributed by atoms with E-state index in [1.807, 2.05) is 24.3 Å². The van der Waals surface area contributed by atoms with E-state index in [0.29, 0.717) is 0 Å². The maximum absolute atomic E-state index is 12.1. The number of Topliss-reactive ketones (excluding diaryl/α,β-unsaturated/α-hetero) is 1. The molecule has 1 aliphatic rings. The number of alkyl carbamates (subject to hydrolysis) is 1. The van der Waals surface area contributed by atoms with Gasteiger partial charge >= 0.3 is 6.09 Å². The Hall–Kier alpha value is -2.82. The van der Waals surface area contributed by atoms with E-state index in [2.05, 4.69) is 29.6 Å². The molecule has 3 rings (SSSR count). The fourth-order valence-electron chi connectivity index (χ4n) is 3.82. The molecular formula is C25H32N2O7. The highest BCUT2D eigenvalue weighted by molar-refractivity contribution is 5.84. The first-order chi connectivity index (χ1) is 16.7. The SMILES string of the molecule is NCCOC(CO)C(=O)COCCOCCNC(=O)OCC1c2ccccc2-c2ccccc21. The van der Waals surface area contributed by atoms with Crippen LogP contribution in [0.2, 0.25) is 0 Å². The lowest BCUT2D eigenvalue weighted by Crippen LogP contribution is -2.33. The van der Waals surface area contributed by atoms with Crippen molar-refractivity contribution in [2.45, 2.75) is 12.0 Å². The Balaban J connectivity index is 1.27. The van der Waals surface area contributed by atoms with E-state index >= 15 is 0 Å². The van der Waals surface area contributed by atoms with Gasteiger partial charge in [0.1, 0.15) is 19.3 Å². The lowest BCUT2D eigenvalue weighted by Gasteiger charge is -2.15. The van der Waals surface area contributed by atoms with Crippen molar-refractivity contribution in [3.05, 3.63) is 59.7 Å². The molecule has 34 heavy (non-hydrogen) atoms. The van der Waals surface area contributed by atoms with E-state index in [9.17, 15) is 9.59 Å². The second-order valence-corrected chi connectivity index (χ2v) is 7.71. The van der Waals surface area contributed by atoms with Gasteiger partial charge in [0.25, 0.3) is 0 Å². The molecule has 0 saturated carbocycles. The summed E-state index contributed by atoms with van der Waals surface area (Å²) in [6, 6.07) is 16.3. The first-order valence-electron chi connectivity index (χ1n) is 11.3. The Labute approximate surface area is 199 Å². The average Bonchev–Trinajstić information content (AvgIpc) is 3.18. The monoisotopic (exact) mass is 472 g/mol. The number of aliphatic hydroxyl groups is 1. The lowest BCUT2D eigenvalue weighted by atomic mass is 9.98. The standard InChI is InChI=1S/C25H32N2O7/c26-9-11-33-24(15-28)23(29)17-32-14-13-31-12-10-27-25(30)34-16-22-20-7-3-1-5-18(20)19-6-2-4-8-21(19)22/h1-8,22,24,28H,9-17,26H2,(H,27,30).